The molecule has 1 aromatic heterocycles. The number of benzene rings is 1. The Labute approximate surface area is 122 Å². The molecule has 0 fully saturated rings. The summed E-state index contributed by atoms with van der Waals surface area (Å²) < 4.78 is 26.1. The van der Waals surface area contributed by atoms with Crippen molar-refractivity contribution in [3.05, 3.63) is 53.9 Å². The van der Waals surface area contributed by atoms with Gasteiger partial charge in [-0.3, -0.25) is 0 Å². The van der Waals surface area contributed by atoms with E-state index >= 15 is 0 Å². The second kappa shape index (κ2) is 5.92. The number of rotatable bonds is 5. The van der Waals surface area contributed by atoms with Crippen molar-refractivity contribution in [2.24, 2.45) is 0 Å². The van der Waals surface area contributed by atoms with Gasteiger partial charge in [-0.05, 0) is 43.5 Å². The van der Waals surface area contributed by atoms with Crippen molar-refractivity contribution in [3.63, 3.8) is 0 Å². The number of aromatic nitrogens is 1. The van der Waals surface area contributed by atoms with Crippen LogP contribution in [0, 0.1) is 6.92 Å². The minimum absolute atomic E-state index is 0.320. The summed E-state index contributed by atoms with van der Waals surface area (Å²) >= 11 is 3.37. The highest BCUT2D eigenvalue weighted by Crippen LogP contribution is 2.16. The van der Waals surface area contributed by atoms with Gasteiger partial charge in [0.1, 0.15) is 0 Å². The van der Waals surface area contributed by atoms with Crippen molar-refractivity contribution in [3.8, 4) is 0 Å². The van der Waals surface area contributed by atoms with Crippen molar-refractivity contribution in [2.45, 2.75) is 24.7 Å². The van der Waals surface area contributed by atoms with E-state index in [0.29, 0.717) is 4.90 Å². The van der Waals surface area contributed by atoms with Gasteiger partial charge in [-0.2, -0.15) is 0 Å². The van der Waals surface area contributed by atoms with Crippen molar-refractivity contribution < 1.29 is 8.42 Å². The number of alkyl halides is 1. The first kappa shape index (κ1) is 14.3. The molecule has 0 N–H and O–H groups in total. The summed E-state index contributed by atoms with van der Waals surface area (Å²) in [6.45, 7) is 1.93. The van der Waals surface area contributed by atoms with Crippen molar-refractivity contribution >= 4 is 26.0 Å². The van der Waals surface area contributed by atoms with E-state index in [2.05, 4.69) is 15.9 Å². The molecule has 19 heavy (non-hydrogen) atoms. The third-order valence-corrected chi connectivity index (χ3v) is 5.13. The predicted octanol–water partition coefficient (Wildman–Crippen LogP) is 3.36. The summed E-state index contributed by atoms with van der Waals surface area (Å²) in [6.07, 6.45) is 5.17. The zero-order valence-electron chi connectivity index (χ0n) is 10.7. The number of aryl methyl sites for hydroxylation is 2. The third kappa shape index (κ3) is 3.28. The Kier molecular flexibility index (Phi) is 4.47. The Bertz CT molecular complexity index is 644. The quantitative estimate of drug-likeness (QED) is 0.782. The van der Waals surface area contributed by atoms with Gasteiger partial charge in [-0.15, -0.1) is 0 Å². The normalized spacial score (nSPS) is 11.7. The van der Waals surface area contributed by atoms with Crippen LogP contribution in [-0.4, -0.2) is 17.7 Å². The largest absolute Gasteiger partial charge is 0.267 e. The summed E-state index contributed by atoms with van der Waals surface area (Å²) in [7, 11) is -3.45. The average Bonchev–Trinajstić information content (AvgIpc) is 2.86. The monoisotopic (exact) mass is 341 g/mol. The van der Waals surface area contributed by atoms with E-state index < -0.39 is 10.0 Å². The first-order chi connectivity index (χ1) is 9.04. The fourth-order valence-electron chi connectivity index (χ4n) is 1.82. The summed E-state index contributed by atoms with van der Waals surface area (Å²) in [5, 5.41) is 0.920. The highest BCUT2D eigenvalue weighted by molar-refractivity contribution is 9.09. The molecule has 0 aliphatic heterocycles. The minimum atomic E-state index is -3.45. The Morgan fingerprint density at radius 2 is 1.84 bits per heavy atom. The molecular weight excluding hydrogens is 326 g/mol. The number of hydrogen-bond acceptors (Lipinski definition) is 2. The lowest BCUT2D eigenvalue weighted by atomic mass is 10.2. The van der Waals surface area contributed by atoms with Crippen LogP contribution < -0.4 is 0 Å². The SMILES string of the molecule is Cc1ccc(S(=O)(=O)n2ccc(CCCBr)c2)cc1. The standard InChI is InChI=1S/C14H16BrNO2S/c1-12-4-6-14(7-5-12)19(17,18)16-10-8-13(11-16)3-2-9-15/h4-8,10-11H,2-3,9H2,1H3. The zero-order valence-corrected chi connectivity index (χ0v) is 13.1. The van der Waals surface area contributed by atoms with Crippen LogP contribution in [-0.2, 0) is 16.4 Å². The van der Waals surface area contributed by atoms with E-state index in [0.717, 1.165) is 29.3 Å². The Hall–Kier alpha value is -1.07. The Morgan fingerprint density at radius 3 is 2.47 bits per heavy atom. The topological polar surface area (TPSA) is 39.1 Å². The second-order valence-corrected chi connectivity index (χ2v) is 7.10. The van der Waals surface area contributed by atoms with Gasteiger partial charge in [0.25, 0.3) is 10.0 Å². The van der Waals surface area contributed by atoms with Gasteiger partial charge < -0.3 is 0 Å². The Balaban J connectivity index is 2.29. The first-order valence-electron chi connectivity index (χ1n) is 6.09. The molecule has 5 heteroatoms. The third-order valence-electron chi connectivity index (χ3n) is 2.92. The first-order valence-corrected chi connectivity index (χ1v) is 8.65. The van der Waals surface area contributed by atoms with Crippen molar-refractivity contribution in [2.75, 3.05) is 5.33 Å². The van der Waals surface area contributed by atoms with Crippen molar-refractivity contribution in [1.82, 2.24) is 3.97 Å². The lowest BCUT2D eigenvalue weighted by Gasteiger charge is -2.05. The molecule has 0 aliphatic carbocycles. The van der Waals surface area contributed by atoms with Crippen LogP contribution in [0.25, 0.3) is 0 Å². The summed E-state index contributed by atoms with van der Waals surface area (Å²) in [4.78, 5) is 0.320. The second-order valence-electron chi connectivity index (χ2n) is 4.46. The Morgan fingerprint density at radius 1 is 1.16 bits per heavy atom. The highest BCUT2D eigenvalue weighted by Gasteiger charge is 2.16. The molecule has 2 aromatic rings. The molecule has 2 rings (SSSR count). The zero-order chi connectivity index (χ0) is 13.9. The van der Waals surface area contributed by atoms with E-state index in [-0.39, 0.29) is 0 Å². The maximum atomic E-state index is 12.4. The van der Waals surface area contributed by atoms with Crippen LogP contribution in [0.5, 0.6) is 0 Å². The van der Waals surface area contributed by atoms with E-state index in [1.165, 1.54) is 3.97 Å². The molecule has 0 radical (unpaired) electrons. The van der Waals surface area contributed by atoms with Gasteiger partial charge in [-0.1, -0.05) is 33.6 Å². The van der Waals surface area contributed by atoms with Crippen molar-refractivity contribution in [1.29, 1.82) is 0 Å². The summed E-state index contributed by atoms with van der Waals surface area (Å²) in [5.74, 6) is 0. The van der Waals surface area contributed by atoms with Gasteiger partial charge in [0, 0.05) is 17.7 Å². The summed E-state index contributed by atoms with van der Waals surface area (Å²) in [5.41, 5.74) is 2.08. The fourth-order valence-corrected chi connectivity index (χ4v) is 3.32. The van der Waals surface area contributed by atoms with Crippen LogP contribution in [0.4, 0.5) is 0 Å². The molecule has 1 aromatic carbocycles. The minimum Gasteiger partial charge on any atom is -0.249 e. The molecule has 102 valence electrons. The van der Waals surface area contributed by atoms with Gasteiger partial charge in [0.15, 0.2) is 0 Å². The van der Waals surface area contributed by atoms with Crippen LogP contribution in [0.1, 0.15) is 17.5 Å². The van der Waals surface area contributed by atoms with Crippen LogP contribution in [0.2, 0.25) is 0 Å². The van der Waals surface area contributed by atoms with Gasteiger partial charge in [0.2, 0.25) is 0 Å². The van der Waals surface area contributed by atoms with E-state index in [1.54, 1.807) is 24.5 Å². The molecule has 1 heterocycles. The average molecular weight is 342 g/mol. The fraction of sp³-hybridized carbons (Fsp3) is 0.286. The molecule has 0 saturated carbocycles. The van der Waals surface area contributed by atoms with E-state index in [1.807, 2.05) is 25.1 Å². The van der Waals surface area contributed by atoms with E-state index in [9.17, 15) is 8.42 Å². The molecule has 0 unspecified atom stereocenters. The predicted molar refractivity (Wildman–Crippen MR) is 80.3 cm³/mol. The van der Waals surface area contributed by atoms with Crippen LogP contribution in [0.15, 0.2) is 47.6 Å². The molecule has 0 atom stereocenters. The molecule has 3 nitrogen and oxygen atoms in total. The molecule has 0 aliphatic rings. The molecule has 0 amide bonds. The maximum Gasteiger partial charge on any atom is 0.267 e. The summed E-state index contributed by atoms with van der Waals surface area (Å²) in [6, 6.07) is 8.75. The molecule has 0 saturated heterocycles. The van der Waals surface area contributed by atoms with Crippen LogP contribution >= 0.6 is 15.9 Å². The maximum absolute atomic E-state index is 12.4. The highest BCUT2D eigenvalue weighted by atomic mass is 79.9. The molecule has 0 bridgehead atoms. The van der Waals surface area contributed by atoms with Gasteiger partial charge >= 0.3 is 0 Å². The smallest absolute Gasteiger partial charge is 0.249 e. The molecular formula is C14H16BrNO2S. The number of nitrogens with zero attached hydrogens (tertiary/aromatic N) is 1. The lowest BCUT2D eigenvalue weighted by Crippen LogP contribution is -2.10. The van der Waals surface area contributed by atoms with Gasteiger partial charge in [-0.25, -0.2) is 12.4 Å². The molecule has 0 spiro atoms. The van der Waals surface area contributed by atoms with Crippen LogP contribution in [0.3, 0.4) is 0 Å². The van der Waals surface area contributed by atoms with Gasteiger partial charge in [0.05, 0.1) is 4.90 Å². The number of hydrogen-bond donors (Lipinski definition) is 0. The number of halogens is 1. The lowest BCUT2D eigenvalue weighted by molar-refractivity contribution is 0.587. The van der Waals surface area contributed by atoms with E-state index in [4.69, 9.17) is 0 Å².